The first-order valence-corrected chi connectivity index (χ1v) is 5.48. The molecule has 0 rings (SSSR count). The predicted octanol–water partition coefficient (Wildman–Crippen LogP) is 2.91. The molecular formula is C12H24O2. The molecule has 0 bridgehead atoms. The minimum absolute atomic E-state index is 0.424. The van der Waals surface area contributed by atoms with Crippen molar-refractivity contribution in [3.63, 3.8) is 0 Å². The Balaban J connectivity index is 4.29. The standard InChI is InChI=1S/C12H24O2/c1-6-10(4)9-11(13)12(5,7-2)14-8-3/h11,13H,4,6-9H2,1-3,5H3. The molecule has 0 aromatic carbocycles. The van der Waals surface area contributed by atoms with E-state index in [4.69, 9.17) is 4.74 Å². The Bertz CT molecular complexity index is 177. The quantitative estimate of drug-likeness (QED) is 0.640. The smallest absolute Gasteiger partial charge is 0.0912 e. The maximum atomic E-state index is 10.0. The third-order valence-corrected chi connectivity index (χ3v) is 2.86. The highest BCUT2D eigenvalue weighted by Gasteiger charge is 2.31. The highest BCUT2D eigenvalue weighted by molar-refractivity contribution is 4.99. The lowest BCUT2D eigenvalue weighted by Gasteiger charge is -2.33. The molecule has 2 atom stereocenters. The van der Waals surface area contributed by atoms with E-state index >= 15 is 0 Å². The van der Waals surface area contributed by atoms with Crippen molar-refractivity contribution < 1.29 is 9.84 Å². The fraction of sp³-hybridized carbons (Fsp3) is 0.833. The third kappa shape index (κ3) is 3.81. The number of rotatable bonds is 7. The Morgan fingerprint density at radius 1 is 1.43 bits per heavy atom. The van der Waals surface area contributed by atoms with Crippen LogP contribution in [0.4, 0.5) is 0 Å². The number of ether oxygens (including phenoxy) is 1. The van der Waals surface area contributed by atoms with Crippen LogP contribution in [0.5, 0.6) is 0 Å². The zero-order chi connectivity index (χ0) is 11.2. The van der Waals surface area contributed by atoms with Crippen molar-refractivity contribution in [2.24, 2.45) is 0 Å². The van der Waals surface area contributed by atoms with Gasteiger partial charge in [-0.3, -0.25) is 0 Å². The van der Waals surface area contributed by atoms with E-state index in [9.17, 15) is 5.11 Å². The van der Waals surface area contributed by atoms with Crippen molar-refractivity contribution in [1.82, 2.24) is 0 Å². The fourth-order valence-corrected chi connectivity index (χ4v) is 1.40. The zero-order valence-electron chi connectivity index (χ0n) is 9.97. The number of hydrogen-bond donors (Lipinski definition) is 1. The average molecular weight is 200 g/mol. The molecule has 0 heterocycles. The summed E-state index contributed by atoms with van der Waals surface area (Å²) in [5.74, 6) is 0. The van der Waals surface area contributed by atoms with Crippen molar-refractivity contribution in [2.45, 2.75) is 58.7 Å². The highest BCUT2D eigenvalue weighted by Crippen LogP contribution is 2.25. The molecule has 0 spiro atoms. The Morgan fingerprint density at radius 2 is 2.00 bits per heavy atom. The Morgan fingerprint density at radius 3 is 2.36 bits per heavy atom. The van der Waals surface area contributed by atoms with Gasteiger partial charge in [-0.2, -0.15) is 0 Å². The van der Waals surface area contributed by atoms with Crippen LogP contribution in [-0.4, -0.2) is 23.4 Å². The van der Waals surface area contributed by atoms with Crippen LogP contribution in [0.2, 0.25) is 0 Å². The van der Waals surface area contributed by atoms with Crippen LogP contribution in [0.15, 0.2) is 12.2 Å². The van der Waals surface area contributed by atoms with E-state index in [2.05, 4.69) is 13.5 Å². The summed E-state index contributed by atoms with van der Waals surface area (Å²) in [5.41, 5.74) is 0.657. The molecule has 2 nitrogen and oxygen atoms in total. The summed E-state index contributed by atoms with van der Waals surface area (Å²) < 4.78 is 5.59. The van der Waals surface area contributed by atoms with E-state index in [-0.39, 0.29) is 0 Å². The van der Waals surface area contributed by atoms with Crippen LogP contribution in [0.3, 0.4) is 0 Å². The number of aliphatic hydroxyl groups excluding tert-OH is 1. The van der Waals surface area contributed by atoms with Gasteiger partial charge in [-0.15, -0.1) is 0 Å². The molecule has 1 N–H and O–H groups in total. The van der Waals surface area contributed by atoms with Gasteiger partial charge in [0, 0.05) is 6.61 Å². The molecule has 0 aromatic rings. The maximum absolute atomic E-state index is 10.0. The van der Waals surface area contributed by atoms with E-state index in [1.807, 2.05) is 20.8 Å². The van der Waals surface area contributed by atoms with Crippen LogP contribution in [0.25, 0.3) is 0 Å². The Kier molecular flexibility index (Phi) is 6.05. The van der Waals surface area contributed by atoms with Gasteiger partial charge in [0.2, 0.25) is 0 Å². The number of aliphatic hydroxyl groups is 1. The lowest BCUT2D eigenvalue weighted by Crippen LogP contribution is -2.41. The van der Waals surface area contributed by atoms with Crippen LogP contribution >= 0.6 is 0 Å². The van der Waals surface area contributed by atoms with Gasteiger partial charge in [0.25, 0.3) is 0 Å². The monoisotopic (exact) mass is 200 g/mol. The second kappa shape index (κ2) is 6.20. The van der Waals surface area contributed by atoms with Crippen LogP contribution < -0.4 is 0 Å². The highest BCUT2D eigenvalue weighted by atomic mass is 16.5. The average Bonchev–Trinajstić information content (AvgIpc) is 2.17. The molecule has 0 saturated carbocycles. The normalized spacial score (nSPS) is 17.5. The molecule has 0 radical (unpaired) electrons. The molecule has 84 valence electrons. The largest absolute Gasteiger partial charge is 0.390 e. The molecule has 14 heavy (non-hydrogen) atoms. The first kappa shape index (κ1) is 13.7. The van der Waals surface area contributed by atoms with Crippen LogP contribution in [0, 0.1) is 0 Å². The lowest BCUT2D eigenvalue weighted by molar-refractivity contribution is -0.110. The molecule has 0 saturated heterocycles. The first-order valence-electron chi connectivity index (χ1n) is 5.48. The van der Waals surface area contributed by atoms with Gasteiger partial charge in [0.1, 0.15) is 0 Å². The topological polar surface area (TPSA) is 29.5 Å². The molecule has 0 aliphatic rings. The fourth-order valence-electron chi connectivity index (χ4n) is 1.40. The van der Waals surface area contributed by atoms with Gasteiger partial charge in [-0.1, -0.05) is 26.0 Å². The van der Waals surface area contributed by atoms with E-state index < -0.39 is 11.7 Å². The maximum Gasteiger partial charge on any atom is 0.0912 e. The summed E-state index contributed by atoms with van der Waals surface area (Å²) in [6, 6.07) is 0. The molecule has 0 aromatic heterocycles. The predicted molar refractivity (Wildman–Crippen MR) is 60.4 cm³/mol. The third-order valence-electron chi connectivity index (χ3n) is 2.86. The molecule has 0 amide bonds. The number of hydrogen-bond acceptors (Lipinski definition) is 2. The van der Waals surface area contributed by atoms with Gasteiger partial charge in [0.05, 0.1) is 11.7 Å². The molecule has 0 fully saturated rings. The Labute approximate surface area is 88.0 Å². The van der Waals surface area contributed by atoms with Crippen molar-refractivity contribution in [2.75, 3.05) is 6.61 Å². The molecule has 0 aliphatic heterocycles. The van der Waals surface area contributed by atoms with Crippen LogP contribution in [0.1, 0.15) is 47.0 Å². The van der Waals surface area contributed by atoms with Gasteiger partial charge in [0.15, 0.2) is 0 Å². The summed E-state index contributed by atoms with van der Waals surface area (Å²) in [5, 5.41) is 10.0. The van der Waals surface area contributed by atoms with Crippen molar-refractivity contribution in [3.8, 4) is 0 Å². The summed E-state index contributed by atoms with van der Waals surface area (Å²) in [6.45, 7) is 12.6. The molecule has 0 aliphatic carbocycles. The van der Waals surface area contributed by atoms with E-state index in [0.29, 0.717) is 13.0 Å². The summed E-state index contributed by atoms with van der Waals surface area (Å²) in [7, 11) is 0. The van der Waals surface area contributed by atoms with Crippen molar-refractivity contribution in [1.29, 1.82) is 0 Å². The van der Waals surface area contributed by atoms with Crippen LogP contribution in [-0.2, 0) is 4.74 Å². The van der Waals surface area contributed by atoms with E-state index in [1.165, 1.54) is 0 Å². The van der Waals surface area contributed by atoms with Gasteiger partial charge in [-0.05, 0) is 33.1 Å². The van der Waals surface area contributed by atoms with Crippen molar-refractivity contribution in [3.05, 3.63) is 12.2 Å². The first-order chi connectivity index (χ1) is 6.50. The minimum atomic E-state index is -0.445. The summed E-state index contributed by atoms with van der Waals surface area (Å²) >= 11 is 0. The van der Waals surface area contributed by atoms with Gasteiger partial charge < -0.3 is 9.84 Å². The van der Waals surface area contributed by atoms with E-state index in [1.54, 1.807) is 0 Å². The minimum Gasteiger partial charge on any atom is -0.390 e. The Hall–Kier alpha value is -0.340. The molecule has 2 unspecified atom stereocenters. The van der Waals surface area contributed by atoms with Gasteiger partial charge >= 0.3 is 0 Å². The second-order valence-corrected chi connectivity index (χ2v) is 3.92. The SMILES string of the molecule is C=C(CC)CC(O)C(C)(CC)OCC. The summed E-state index contributed by atoms with van der Waals surface area (Å²) in [6.07, 6.45) is 1.93. The zero-order valence-corrected chi connectivity index (χ0v) is 9.97. The van der Waals surface area contributed by atoms with Crippen molar-refractivity contribution >= 4 is 0 Å². The molecule has 2 heteroatoms. The van der Waals surface area contributed by atoms with Gasteiger partial charge in [-0.25, -0.2) is 0 Å². The molecular weight excluding hydrogens is 176 g/mol. The van der Waals surface area contributed by atoms with E-state index in [0.717, 1.165) is 18.4 Å². The summed E-state index contributed by atoms with van der Waals surface area (Å²) in [4.78, 5) is 0. The second-order valence-electron chi connectivity index (χ2n) is 3.92. The lowest BCUT2D eigenvalue weighted by atomic mass is 9.90.